The second-order valence-electron chi connectivity index (χ2n) is 11.9. The number of nitrogens with two attached hydrogens (primary N) is 3. The van der Waals surface area contributed by atoms with Gasteiger partial charge in [-0.15, -0.1) is 24.8 Å². The summed E-state index contributed by atoms with van der Waals surface area (Å²) < 4.78 is 0. The highest BCUT2D eigenvalue weighted by molar-refractivity contribution is 5.87. The second kappa shape index (κ2) is 27.7. The lowest BCUT2D eigenvalue weighted by Gasteiger charge is -2.20. The lowest BCUT2D eigenvalue weighted by molar-refractivity contribution is 0.530. The maximum Gasteiger partial charge on any atom is 0.132 e. The van der Waals surface area contributed by atoms with E-state index in [0.717, 1.165) is 12.4 Å². The van der Waals surface area contributed by atoms with Crippen LogP contribution in [0.5, 0.6) is 0 Å². The Hall–Kier alpha value is -1.41. The summed E-state index contributed by atoms with van der Waals surface area (Å²) in [6, 6.07) is 0. The van der Waals surface area contributed by atoms with Gasteiger partial charge in [0.15, 0.2) is 0 Å². The van der Waals surface area contributed by atoms with Gasteiger partial charge in [0.25, 0.3) is 0 Å². The van der Waals surface area contributed by atoms with Gasteiger partial charge in [-0.05, 0) is 34.1 Å². The van der Waals surface area contributed by atoms with Gasteiger partial charge in [0.2, 0.25) is 0 Å². The molecule has 0 rings (SSSR count). The maximum atomic E-state index is 7.25. The molecule has 0 fully saturated rings. The van der Waals surface area contributed by atoms with Gasteiger partial charge in [-0.2, -0.15) is 10.2 Å². The van der Waals surface area contributed by atoms with E-state index in [1.165, 1.54) is 103 Å². The lowest BCUT2D eigenvalue weighted by Crippen LogP contribution is -2.38. The van der Waals surface area contributed by atoms with Crippen LogP contribution in [-0.4, -0.2) is 35.1 Å². The van der Waals surface area contributed by atoms with Crippen molar-refractivity contribution in [3.05, 3.63) is 0 Å². The number of rotatable bonds is 22. The fourth-order valence-electron chi connectivity index (χ4n) is 3.41. The summed E-state index contributed by atoms with van der Waals surface area (Å²) in [6.07, 6.45) is 22.6. The van der Waals surface area contributed by atoms with E-state index in [4.69, 9.17) is 28.0 Å². The van der Waals surface area contributed by atoms with Crippen molar-refractivity contribution in [3.63, 3.8) is 0 Å². The number of nitrogens with one attached hydrogen (secondary N) is 2. The van der Waals surface area contributed by atoms with Crippen molar-refractivity contribution in [1.29, 1.82) is 10.8 Å². The highest BCUT2D eigenvalue weighted by atomic mass is 35.5. The molecule has 0 spiro atoms. The maximum absolute atomic E-state index is 7.25. The summed E-state index contributed by atoms with van der Waals surface area (Å²) >= 11 is 0. The molecule has 0 bridgehead atoms. The third-order valence-electron chi connectivity index (χ3n) is 6.77. The number of aliphatic imine (C=N–C) groups is 1. The normalized spacial score (nSPS) is 11.9. The molecule has 0 amide bonds. The fourth-order valence-corrected chi connectivity index (χ4v) is 3.41. The van der Waals surface area contributed by atoms with Crippen LogP contribution in [0.2, 0.25) is 0 Å². The summed E-state index contributed by atoms with van der Waals surface area (Å²) in [4.78, 5) is 4.42. The molecule has 0 aromatic carbocycles. The summed E-state index contributed by atoms with van der Waals surface area (Å²) in [6.45, 7) is 14.1. The molecule has 0 saturated heterocycles. The first kappa shape index (κ1) is 45.6. The van der Waals surface area contributed by atoms with E-state index in [-0.39, 0.29) is 36.5 Å². The number of hydrogen-bond donors (Lipinski definition) is 5. The number of halogens is 2. The first-order chi connectivity index (χ1) is 17.8. The van der Waals surface area contributed by atoms with Gasteiger partial charge in [0.1, 0.15) is 22.7 Å². The Morgan fingerprint density at radius 1 is 0.575 bits per heavy atom. The molecule has 0 aromatic rings. The third-order valence-corrected chi connectivity index (χ3v) is 6.77. The molecule has 0 unspecified atom stereocenters. The van der Waals surface area contributed by atoms with Gasteiger partial charge < -0.3 is 17.2 Å². The molecule has 8 N–H and O–H groups in total. The van der Waals surface area contributed by atoms with Crippen LogP contribution in [-0.2, 0) is 0 Å². The minimum Gasteiger partial charge on any atom is -0.387 e. The number of hydrogen-bond acceptors (Lipinski definition) is 5. The highest BCUT2D eigenvalue weighted by Gasteiger charge is 2.25. The van der Waals surface area contributed by atoms with Crippen molar-refractivity contribution < 1.29 is 0 Å². The number of unbranched alkanes of at least 4 members (excludes halogenated alkanes) is 15. The topological polar surface area (TPSA) is 163 Å². The van der Waals surface area contributed by atoms with Crippen molar-refractivity contribution in [2.45, 2.75) is 162 Å². The van der Waals surface area contributed by atoms with Gasteiger partial charge >= 0.3 is 0 Å². The van der Waals surface area contributed by atoms with E-state index in [0.29, 0.717) is 5.92 Å². The SMILES string of the molecule is CC(C)(N=NC(C)(C)C(=N)N)C(=N)N.CCCCCCCCCCCCCCCCCCN=C(N)C(C)C.Cl.Cl. The third kappa shape index (κ3) is 28.1. The van der Waals surface area contributed by atoms with Crippen molar-refractivity contribution in [1.82, 2.24) is 0 Å². The van der Waals surface area contributed by atoms with Gasteiger partial charge in [0.05, 0.1) is 5.84 Å². The van der Waals surface area contributed by atoms with Crippen LogP contribution in [0.4, 0.5) is 0 Å². The molecule has 0 aliphatic rings. The minimum absolute atomic E-state index is 0. The molecule has 0 heterocycles. The van der Waals surface area contributed by atoms with E-state index in [2.05, 4.69) is 36.0 Å². The van der Waals surface area contributed by atoms with Crippen LogP contribution in [0.3, 0.4) is 0 Å². The first-order valence-electron chi connectivity index (χ1n) is 15.2. The van der Waals surface area contributed by atoms with E-state index in [1.807, 2.05) is 0 Å². The molecule has 0 saturated carbocycles. The Labute approximate surface area is 259 Å². The molecular weight excluding hydrogens is 543 g/mol. The molecule has 240 valence electrons. The first-order valence-corrected chi connectivity index (χ1v) is 15.2. The summed E-state index contributed by atoms with van der Waals surface area (Å²) in [5.74, 6) is 1.07. The molecule has 0 aliphatic heterocycles. The summed E-state index contributed by atoms with van der Waals surface area (Å²) in [7, 11) is 0. The van der Waals surface area contributed by atoms with Crippen molar-refractivity contribution in [3.8, 4) is 0 Å². The van der Waals surface area contributed by atoms with Gasteiger partial charge in [-0.3, -0.25) is 15.8 Å². The Balaban J connectivity index is -0.000000349. The lowest BCUT2D eigenvalue weighted by atomic mass is 10.0. The van der Waals surface area contributed by atoms with Gasteiger partial charge in [-0.25, -0.2) is 0 Å². The van der Waals surface area contributed by atoms with Crippen LogP contribution in [0.1, 0.15) is 151 Å². The minimum atomic E-state index is -0.841. The zero-order valence-corrected chi connectivity index (χ0v) is 28.6. The molecule has 0 atom stereocenters. The molecule has 0 radical (unpaired) electrons. The molecule has 0 aromatic heterocycles. The average molecular weight is 610 g/mol. The van der Waals surface area contributed by atoms with Crippen LogP contribution < -0.4 is 17.2 Å². The number of nitrogens with zero attached hydrogens (tertiary/aromatic N) is 3. The quantitative estimate of drug-likeness (QED) is 0.0359. The van der Waals surface area contributed by atoms with Crippen LogP contribution in [0.15, 0.2) is 15.2 Å². The molecule has 40 heavy (non-hydrogen) atoms. The van der Waals surface area contributed by atoms with Crippen molar-refractivity contribution in [2.24, 2.45) is 38.3 Å². The average Bonchev–Trinajstić information content (AvgIpc) is 2.84. The highest BCUT2D eigenvalue weighted by Crippen LogP contribution is 2.15. The number of azo groups is 1. The zero-order chi connectivity index (χ0) is 29.5. The van der Waals surface area contributed by atoms with Crippen molar-refractivity contribution >= 4 is 42.3 Å². The van der Waals surface area contributed by atoms with Crippen LogP contribution in [0.25, 0.3) is 0 Å². The second-order valence-corrected chi connectivity index (χ2v) is 11.9. The Morgan fingerprint density at radius 2 is 0.850 bits per heavy atom. The smallest absolute Gasteiger partial charge is 0.132 e. The number of amidine groups is 3. The van der Waals surface area contributed by atoms with Crippen LogP contribution >= 0.6 is 24.8 Å². The summed E-state index contributed by atoms with van der Waals surface area (Å²) in [5.41, 5.74) is 14.8. The van der Waals surface area contributed by atoms with E-state index >= 15 is 0 Å². The molecule has 10 heteroatoms. The largest absolute Gasteiger partial charge is 0.387 e. The van der Waals surface area contributed by atoms with E-state index in [9.17, 15) is 0 Å². The molecule has 0 aliphatic carbocycles. The predicted octanol–water partition coefficient (Wildman–Crippen LogP) is 8.97. The molecule has 8 nitrogen and oxygen atoms in total. The van der Waals surface area contributed by atoms with E-state index in [1.54, 1.807) is 27.7 Å². The fraction of sp³-hybridized carbons (Fsp3) is 0.900. The molecular formula is C30H66Cl2N8. The van der Waals surface area contributed by atoms with Gasteiger partial charge in [0, 0.05) is 12.5 Å². The predicted molar refractivity (Wildman–Crippen MR) is 182 cm³/mol. The standard InChI is InChI=1S/C22H46N2.C8H18N6.2ClH/c1-4-5-6-7-8-9-10-11-12-13-14-15-16-17-18-19-20-24-22(23)21(2)3;1-7(2,5(9)10)13-14-8(3,4)6(11)12;;/h21H,4-20H2,1-3H3,(H2,23,24);1-4H3,(H3,9,10)(H3,11,12);2*1H. The zero-order valence-electron chi connectivity index (χ0n) is 27.0. The van der Waals surface area contributed by atoms with Crippen LogP contribution in [0, 0.1) is 16.7 Å². The Bertz CT molecular complexity index is 649. The van der Waals surface area contributed by atoms with Crippen molar-refractivity contribution in [2.75, 3.05) is 6.54 Å². The Morgan fingerprint density at radius 3 is 1.10 bits per heavy atom. The monoisotopic (exact) mass is 608 g/mol. The Kier molecular flexibility index (Phi) is 31.6. The van der Waals surface area contributed by atoms with E-state index < -0.39 is 11.1 Å². The van der Waals surface area contributed by atoms with Gasteiger partial charge in [-0.1, -0.05) is 117 Å². The summed E-state index contributed by atoms with van der Waals surface area (Å²) in [5, 5.41) is 22.3.